The van der Waals surface area contributed by atoms with Crippen LogP contribution in [0.3, 0.4) is 0 Å². The summed E-state index contributed by atoms with van der Waals surface area (Å²) in [7, 11) is 3.30. The van der Waals surface area contributed by atoms with Crippen LogP contribution in [0.4, 0.5) is 11.4 Å². The Kier molecular flexibility index (Phi) is 6.96. The fourth-order valence-electron chi connectivity index (χ4n) is 2.56. The van der Waals surface area contributed by atoms with Crippen molar-refractivity contribution in [3.8, 4) is 5.75 Å². The average Bonchev–Trinajstić information content (AvgIpc) is 2.63. The molecule has 0 fully saturated rings. The van der Waals surface area contributed by atoms with Gasteiger partial charge in [-0.3, -0.25) is 14.5 Å². The van der Waals surface area contributed by atoms with Crippen LogP contribution in [-0.4, -0.2) is 43.5 Å². The summed E-state index contributed by atoms with van der Waals surface area (Å²) in [6.45, 7) is 5.80. The van der Waals surface area contributed by atoms with E-state index in [9.17, 15) is 9.59 Å². The van der Waals surface area contributed by atoms with E-state index in [4.69, 9.17) is 4.74 Å². The maximum absolute atomic E-state index is 12.6. The molecule has 0 spiro atoms. The normalized spacial score (nSPS) is 11.8. The number of carbonyl (C=O) groups excluding carboxylic acids is 2. The first-order valence-corrected chi connectivity index (χ1v) is 8.82. The predicted octanol–water partition coefficient (Wildman–Crippen LogP) is 3.21. The molecule has 0 aromatic heterocycles. The SMILES string of the molecule is COc1ccc(C)cc1NC(=O)[C@@H](C)N(C)CC(=O)Nc1ccc(C)cc1. The summed E-state index contributed by atoms with van der Waals surface area (Å²) >= 11 is 0. The monoisotopic (exact) mass is 369 g/mol. The molecule has 2 rings (SSSR count). The average molecular weight is 369 g/mol. The molecule has 2 aromatic carbocycles. The zero-order valence-electron chi connectivity index (χ0n) is 16.5. The number of methoxy groups -OCH3 is 1. The van der Waals surface area contributed by atoms with E-state index in [1.807, 2.05) is 56.3 Å². The van der Waals surface area contributed by atoms with Crippen molar-refractivity contribution < 1.29 is 14.3 Å². The van der Waals surface area contributed by atoms with E-state index in [0.717, 1.165) is 16.8 Å². The van der Waals surface area contributed by atoms with Crippen LogP contribution in [0.5, 0.6) is 5.75 Å². The van der Waals surface area contributed by atoms with E-state index in [2.05, 4.69) is 10.6 Å². The summed E-state index contributed by atoms with van der Waals surface area (Å²) in [5, 5.41) is 5.71. The van der Waals surface area contributed by atoms with Crippen molar-refractivity contribution in [2.75, 3.05) is 31.3 Å². The number of rotatable bonds is 7. The number of ether oxygens (including phenoxy) is 1. The summed E-state index contributed by atoms with van der Waals surface area (Å²) in [6.07, 6.45) is 0. The van der Waals surface area contributed by atoms with E-state index in [-0.39, 0.29) is 18.4 Å². The van der Waals surface area contributed by atoms with Gasteiger partial charge in [0.1, 0.15) is 5.75 Å². The summed E-state index contributed by atoms with van der Waals surface area (Å²) in [5.74, 6) is 0.222. The number of anilines is 2. The Morgan fingerprint density at radius 1 is 1.04 bits per heavy atom. The van der Waals surface area contributed by atoms with Gasteiger partial charge in [0, 0.05) is 5.69 Å². The Morgan fingerprint density at radius 3 is 2.30 bits per heavy atom. The summed E-state index contributed by atoms with van der Waals surface area (Å²) < 4.78 is 5.29. The van der Waals surface area contributed by atoms with Gasteiger partial charge in [0.2, 0.25) is 11.8 Å². The van der Waals surface area contributed by atoms with Crippen LogP contribution in [0.2, 0.25) is 0 Å². The molecule has 144 valence electrons. The van der Waals surface area contributed by atoms with Gasteiger partial charge in [0.25, 0.3) is 0 Å². The second-order valence-electron chi connectivity index (χ2n) is 6.70. The highest BCUT2D eigenvalue weighted by molar-refractivity contribution is 5.97. The summed E-state index contributed by atoms with van der Waals surface area (Å²) in [4.78, 5) is 26.5. The van der Waals surface area contributed by atoms with E-state index in [1.54, 1.807) is 26.0 Å². The zero-order valence-corrected chi connectivity index (χ0v) is 16.5. The number of nitrogens with one attached hydrogen (secondary N) is 2. The molecule has 0 saturated heterocycles. The Morgan fingerprint density at radius 2 is 1.67 bits per heavy atom. The van der Waals surface area contributed by atoms with Crippen LogP contribution in [-0.2, 0) is 9.59 Å². The van der Waals surface area contributed by atoms with Crippen molar-refractivity contribution >= 4 is 23.2 Å². The first kappa shape index (κ1) is 20.5. The molecule has 0 aliphatic rings. The lowest BCUT2D eigenvalue weighted by Crippen LogP contribution is -2.43. The first-order chi connectivity index (χ1) is 12.8. The number of hydrogen-bond donors (Lipinski definition) is 2. The number of aryl methyl sites for hydroxylation is 2. The standard InChI is InChI=1S/C21H27N3O3/c1-14-6-9-17(10-7-14)22-20(25)13-24(4)16(3)21(26)23-18-12-15(2)8-11-19(18)27-5/h6-12,16H,13H2,1-5H3,(H,22,25)(H,23,26)/t16-/m1/s1. The number of likely N-dealkylation sites (N-methyl/N-ethyl adjacent to an activating group) is 1. The highest BCUT2D eigenvalue weighted by Gasteiger charge is 2.21. The molecule has 2 amide bonds. The summed E-state index contributed by atoms with van der Waals surface area (Å²) in [6, 6.07) is 12.7. The lowest BCUT2D eigenvalue weighted by molar-refractivity contribution is -0.122. The molecule has 1 atom stereocenters. The lowest BCUT2D eigenvalue weighted by atomic mass is 10.2. The van der Waals surface area contributed by atoms with Crippen LogP contribution in [0.15, 0.2) is 42.5 Å². The molecule has 6 nitrogen and oxygen atoms in total. The quantitative estimate of drug-likeness (QED) is 0.786. The smallest absolute Gasteiger partial charge is 0.241 e. The molecule has 0 saturated carbocycles. The zero-order chi connectivity index (χ0) is 20.0. The third kappa shape index (κ3) is 5.82. The van der Waals surface area contributed by atoms with E-state index in [0.29, 0.717) is 11.4 Å². The van der Waals surface area contributed by atoms with Gasteiger partial charge in [-0.05, 0) is 57.6 Å². The van der Waals surface area contributed by atoms with Gasteiger partial charge in [0.05, 0.1) is 25.4 Å². The number of carbonyl (C=O) groups is 2. The van der Waals surface area contributed by atoms with Crippen molar-refractivity contribution in [1.29, 1.82) is 0 Å². The van der Waals surface area contributed by atoms with Gasteiger partial charge >= 0.3 is 0 Å². The fraction of sp³-hybridized carbons (Fsp3) is 0.333. The van der Waals surface area contributed by atoms with Gasteiger partial charge in [-0.1, -0.05) is 23.8 Å². The minimum atomic E-state index is -0.487. The Hall–Kier alpha value is -2.86. The molecule has 0 radical (unpaired) electrons. The lowest BCUT2D eigenvalue weighted by Gasteiger charge is -2.23. The van der Waals surface area contributed by atoms with Crippen molar-refractivity contribution in [2.24, 2.45) is 0 Å². The summed E-state index contributed by atoms with van der Waals surface area (Å²) in [5.41, 5.74) is 3.50. The van der Waals surface area contributed by atoms with Gasteiger partial charge in [-0.2, -0.15) is 0 Å². The third-order valence-corrected chi connectivity index (χ3v) is 4.38. The van der Waals surface area contributed by atoms with Crippen LogP contribution >= 0.6 is 0 Å². The molecular formula is C21H27N3O3. The minimum absolute atomic E-state index is 0.105. The van der Waals surface area contributed by atoms with E-state index >= 15 is 0 Å². The van der Waals surface area contributed by atoms with Gasteiger partial charge in [0.15, 0.2) is 0 Å². The second kappa shape index (κ2) is 9.19. The van der Waals surface area contributed by atoms with Crippen molar-refractivity contribution in [1.82, 2.24) is 4.90 Å². The third-order valence-electron chi connectivity index (χ3n) is 4.38. The van der Waals surface area contributed by atoms with Gasteiger partial charge < -0.3 is 15.4 Å². The van der Waals surface area contributed by atoms with Crippen molar-refractivity contribution in [2.45, 2.75) is 26.8 Å². The Bertz CT molecular complexity index is 803. The molecule has 0 bridgehead atoms. The maximum atomic E-state index is 12.6. The first-order valence-electron chi connectivity index (χ1n) is 8.82. The molecule has 2 aromatic rings. The van der Waals surface area contributed by atoms with Crippen molar-refractivity contribution in [3.63, 3.8) is 0 Å². The largest absolute Gasteiger partial charge is 0.495 e. The van der Waals surface area contributed by atoms with Crippen molar-refractivity contribution in [3.05, 3.63) is 53.6 Å². The number of benzene rings is 2. The molecule has 6 heteroatoms. The molecular weight excluding hydrogens is 342 g/mol. The number of amides is 2. The molecule has 0 aliphatic heterocycles. The van der Waals surface area contributed by atoms with Crippen LogP contribution in [0.25, 0.3) is 0 Å². The predicted molar refractivity (Wildman–Crippen MR) is 108 cm³/mol. The fourth-order valence-corrected chi connectivity index (χ4v) is 2.56. The number of hydrogen-bond acceptors (Lipinski definition) is 4. The molecule has 2 N–H and O–H groups in total. The minimum Gasteiger partial charge on any atom is -0.495 e. The molecule has 0 unspecified atom stereocenters. The molecule has 27 heavy (non-hydrogen) atoms. The van der Waals surface area contributed by atoms with Crippen LogP contribution in [0.1, 0.15) is 18.1 Å². The van der Waals surface area contributed by atoms with Crippen LogP contribution in [0, 0.1) is 13.8 Å². The highest BCUT2D eigenvalue weighted by Crippen LogP contribution is 2.25. The Labute approximate surface area is 160 Å². The molecule has 0 aliphatic carbocycles. The number of nitrogens with zero attached hydrogens (tertiary/aromatic N) is 1. The van der Waals surface area contributed by atoms with Crippen LogP contribution < -0.4 is 15.4 Å². The van der Waals surface area contributed by atoms with E-state index in [1.165, 1.54) is 0 Å². The molecule has 0 heterocycles. The maximum Gasteiger partial charge on any atom is 0.241 e. The Balaban J connectivity index is 1.94. The second-order valence-corrected chi connectivity index (χ2v) is 6.70. The van der Waals surface area contributed by atoms with E-state index < -0.39 is 6.04 Å². The van der Waals surface area contributed by atoms with Gasteiger partial charge in [-0.25, -0.2) is 0 Å². The van der Waals surface area contributed by atoms with Gasteiger partial charge in [-0.15, -0.1) is 0 Å². The highest BCUT2D eigenvalue weighted by atomic mass is 16.5. The topological polar surface area (TPSA) is 70.7 Å².